The minimum absolute atomic E-state index is 0.393. The average Bonchev–Trinajstić information content (AvgIpc) is 3.17. The van der Waals surface area contributed by atoms with E-state index >= 15 is 0 Å². The summed E-state index contributed by atoms with van der Waals surface area (Å²) >= 11 is 0. The Labute approximate surface area is 161 Å². The fourth-order valence-corrected chi connectivity index (χ4v) is 3.73. The molecule has 2 N–H and O–H groups in total. The highest BCUT2D eigenvalue weighted by atomic mass is 19.4. The molecule has 1 saturated heterocycles. The maximum atomic E-state index is 13.0. The van der Waals surface area contributed by atoms with Crippen LogP contribution in [0.3, 0.4) is 0 Å². The fraction of sp³-hybridized carbons (Fsp3) is 0.579. The van der Waals surface area contributed by atoms with Crippen molar-refractivity contribution in [3.63, 3.8) is 0 Å². The van der Waals surface area contributed by atoms with Crippen LogP contribution in [-0.4, -0.2) is 64.2 Å². The summed E-state index contributed by atoms with van der Waals surface area (Å²) in [5.74, 6) is -3.65. The van der Waals surface area contributed by atoms with Crippen LogP contribution in [0.5, 0.6) is 0 Å². The van der Waals surface area contributed by atoms with Crippen LogP contribution in [0.2, 0.25) is 0 Å². The molecule has 1 heterocycles. The van der Waals surface area contributed by atoms with Gasteiger partial charge in [0.25, 0.3) is 0 Å². The van der Waals surface area contributed by atoms with Crippen molar-refractivity contribution in [2.45, 2.75) is 44.4 Å². The molecule has 2 fully saturated rings. The first-order valence-corrected chi connectivity index (χ1v) is 9.26. The van der Waals surface area contributed by atoms with E-state index in [-0.39, 0.29) is 0 Å². The number of carbonyl (C=O) groups is 2. The molecule has 1 aliphatic carbocycles. The van der Waals surface area contributed by atoms with E-state index in [0.717, 1.165) is 26.2 Å². The number of aliphatic carboxylic acids is 2. The van der Waals surface area contributed by atoms with Crippen molar-refractivity contribution in [3.8, 4) is 0 Å². The van der Waals surface area contributed by atoms with E-state index in [1.165, 1.54) is 37.8 Å². The number of carboxylic acids is 2. The van der Waals surface area contributed by atoms with Gasteiger partial charge in [-0.1, -0.05) is 31.0 Å². The van der Waals surface area contributed by atoms with Crippen molar-refractivity contribution in [2.24, 2.45) is 0 Å². The van der Waals surface area contributed by atoms with Crippen molar-refractivity contribution >= 4 is 11.9 Å². The molecule has 6 nitrogen and oxygen atoms in total. The van der Waals surface area contributed by atoms with Gasteiger partial charge in [0.05, 0.1) is 5.56 Å². The number of nitrogens with zero attached hydrogens (tertiary/aromatic N) is 2. The molecule has 1 aliphatic heterocycles. The summed E-state index contributed by atoms with van der Waals surface area (Å²) in [6.07, 6.45) is 0.962. The van der Waals surface area contributed by atoms with Crippen LogP contribution >= 0.6 is 0 Å². The Morgan fingerprint density at radius 2 is 1.50 bits per heavy atom. The lowest BCUT2D eigenvalue weighted by Gasteiger charge is -2.38. The summed E-state index contributed by atoms with van der Waals surface area (Å²) in [7, 11) is 0. The van der Waals surface area contributed by atoms with Gasteiger partial charge in [0.2, 0.25) is 0 Å². The topological polar surface area (TPSA) is 81.1 Å². The van der Waals surface area contributed by atoms with Crippen molar-refractivity contribution in [3.05, 3.63) is 35.4 Å². The second kappa shape index (κ2) is 9.88. The third-order valence-electron chi connectivity index (χ3n) is 5.15. The van der Waals surface area contributed by atoms with E-state index in [1.54, 1.807) is 12.1 Å². The standard InChI is InChI=1S/C17H23F3N2.C2H2O4/c18-17(19,20)16-8-4-1-5-14(16)13-21-9-11-22(12-10-21)15-6-2-3-7-15;3-1(4)2(5)6/h1,4-5,8,15H,2-3,6-7,9-13H2;(H,3,4)(H,5,6). The Morgan fingerprint density at radius 1 is 0.964 bits per heavy atom. The molecule has 156 valence electrons. The highest BCUT2D eigenvalue weighted by Crippen LogP contribution is 2.32. The molecular formula is C19H25F3N2O4. The third-order valence-corrected chi connectivity index (χ3v) is 5.15. The molecule has 1 aromatic rings. The number of piperazine rings is 1. The zero-order valence-corrected chi connectivity index (χ0v) is 15.5. The van der Waals surface area contributed by atoms with Gasteiger partial charge in [-0.25, -0.2) is 9.59 Å². The van der Waals surface area contributed by atoms with Crippen LogP contribution in [0, 0.1) is 0 Å². The number of halogens is 3. The zero-order chi connectivity index (χ0) is 20.7. The van der Waals surface area contributed by atoms with Gasteiger partial charge in [-0.15, -0.1) is 0 Å². The summed E-state index contributed by atoms with van der Waals surface area (Å²) in [5.41, 5.74) is -0.0995. The minimum Gasteiger partial charge on any atom is -0.473 e. The molecule has 0 radical (unpaired) electrons. The van der Waals surface area contributed by atoms with Crippen LogP contribution in [0.25, 0.3) is 0 Å². The maximum absolute atomic E-state index is 13.0. The first-order chi connectivity index (χ1) is 13.2. The molecule has 0 aromatic heterocycles. The van der Waals surface area contributed by atoms with Crippen LogP contribution in [0.1, 0.15) is 36.8 Å². The van der Waals surface area contributed by atoms with Crippen molar-refractivity contribution in [1.82, 2.24) is 9.80 Å². The SMILES string of the molecule is FC(F)(F)c1ccccc1CN1CCN(C2CCCC2)CC1.O=C(O)C(=O)O. The number of hydrogen-bond acceptors (Lipinski definition) is 4. The summed E-state index contributed by atoms with van der Waals surface area (Å²) in [4.78, 5) is 22.9. The van der Waals surface area contributed by atoms with Gasteiger partial charge in [0.15, 0.2) is 0 Å². The minimum atomic E-state index is -4.26. The molecule has 28 heavy (non-hydrogen) atoms. The Kier molecular flexibility index (Phi) is 7.82. The summed E-state index contributed by atoms with van der Waals surface area (Å²) in [5, 5.41) is 14.8. The maximum Gasteiger partial charge on any atom is 0.416 e. The van der Waals surface area contributed by atoms with Crippen molar-refractivity contribution in [2.75, 3.05) is 26.2 Å². The fourth-order valence-electron chi connectivity index (χ4n) is 3.73. The molecule has 0 spiro atoms. The van der Waals surface area contributed by atoms with Gasteiger partial charge >= 0.3 is 18.1 Å². The molecule has 2 aliphatic rings. The van der Waals surface area contributed by atoms with Gasteiger partial charge in [0, 0.05) is 38.8 Å². The van der Waals surface area contributed by atoms with Crippen LogP contribution in [-0.2, 0) is 22.3 Å². The van der Waals surface area contributed by atoms with E-state index in [1.807, 2.05) is 0 Å². The van der Waals surface area contributed by atoms with Gasteiger partial charge in [-0.2, -0.15) is 13.2 Å². The predicted molar refractivity (Wildman–Crippen MR) is 95.8 cm³/mol. The van der Waals surface area contributed by atoms with Gasteiger partial charge < -0.3 is 10.2 Å². The molecule has 1 aromatic carbocycles. The monoisotopic (exact) mass is 402 g/mol. The van der Waals surface area contributed by atoms with E-state index in [4.69, 9.17) is 19.8 Å². The van der Waals surface area contributed by atoms with E-state index in [2.05, 4.69) is 9.80 Å². The Balaban J connectivity index is 0.000000409. The highest BCUT2D eigenvalue weighted by Gasteiger charge is 2.33. The van der Waals surface area contributed by atoms with Gasteiger partial charge in [-0.3, -0.25) is 9.80 Å². The lowest BCUT2D eigenvalue weighted by molar-refractivity contribution is -0.159. The lowest BCUT2D eigenvalue weighted by atomic mass is 10.1. The first-order valence-electron chi connectivity index (χ1n) is 9.26. The molecule has 1 saturated carbocycles. The lowest BCUT2D eigenvalue weighted by Crippen LogP contribution is -2.49. The predicted octanol–water partition coefficient (Wildman–Crippen LogP) is 2.92. The number of alkyl halides is 3. The molecule has 3 rings (SSSR count). The van der Waals surface area contributed by atoms with Crippen molar-refractivity contribution < 1.29 is 33.0 Å². The second-order valence-corrected chi connectivity index (χ2v) is 7.02. The number of benzene rings is 1. The Bertz CT molecular complexity index is 655. The number of carboxylic acid groups (broad SMARTS) is 2. The van der Waals surface area contributed by atoms with E-state index < -0.39 is 23.7 Å². The van der Waals surface area contributed by atoms with Crippen LogP contribution in [0.4, 0.5) is 13.2 Å². The number of rotatable bonds is 3. The molecule has 9 heteroatoms. The molecule has 0 bridgehead atoms. The van der Waals surface area contributed by atoms with Gasteiger partial charge in [0.1, 0.15) is 0 Å². The summed E-state index contributed by atoms with van der Waals surface area (Å²) in [6, 6.07) is 6.66. The van der Waals surface area contributed by atoms with Crippen LogP contribution < -0.4 is 0 Å². The van der Waals surface area contributed by atoms with Crippen molar-refractivity contribution in [1.29, 1.82) is 0 Å². The average molecular weight is 402 g/mol. The Morgan fingerprint density at radius 3 is 2.00 bits per heavy atom. The quantitative estimate of drug-likeness (QED) is 0.757. The van der Waals surface area contributed by atoms with E-state index in [0.29, 0.717) is 18.2 Å². The molecule has 0 unspecified atom stereocenters. The largest absolute Gasteiger partial charge is 0.473 e. The molecular weight excluding hydrogens is 377 g/mol. The van der Waals surface area contributed by atoms with Crippen LogP contribution in [0.15, 0.2) is 24.3 Å². The third kappa shape index (κ3) is 6.49. The normalized spacial score (nSPS) is 19.1. The molecule has 0 atom stereocenters. The molecule has 0 amide bonds. The first kappa shape index (κ1) is 22.2. The summed E-state index contributed by atoms with van der Waals surface area (Å²) < 4.78 is 39.1. The Hall–Kier alpha value is -2.13. The zero-order valence-electron chi connectivity index (χ0n) is 15.5. The second-order valence-electron chi connectivity index (χ2n) is 7.02. The van der Waals surface area contributed by atoms with E-state index in [9.17, 15) is 13.2 Å². The number of hydrogen-bond donors (Lipinski definition) is 2. The smallest absolute Gasteiger partial charge is 0.416 e. The highest BCUT2D eigenvalue weighted by molar-refractivity contribution is 6.27. The van der Waals surface area contributed by atoms with Gasteiger partial charge in [-0.05, 0) is 24.5 Å². The summed E-state index contributed by atoms with van der Waals surface area (Å²) in [6.45, 7) is 4.09.